The minimum absolute atomic E-state index is 0.122. The normalized spacial score (nSPS) is 14.4. The van der Waals surface area contributed by atoms with Crippen LogP contribution in [-0.4, -0.2) is 35.9 Å². The molecule has 2 heterocycles. The van der Waals surface area contributed by atoms with Crippen molar-refractivity contribution in [3.05, 3.63) is 65.4 Å². The van der Waals surface area contributed by atoms with Crippen LogP contribution in [0.5, 0.6) is 0 Å². The standard InChI is InChI=1S/C26H30N4O2/c1-17-9-10-24-22(13-17)23(14-18(2)27-24)26(32)28-19(3)15-25(31)29-20-7-6-8-21(16-20)30-11-4-5-12-30/h6-10,13-14,16,19H,4-5,11-12,15H2,1-3H3,(H,28,32)(H,29,31). The number of hydrogen-bond acceptors (Lipinski definition) is 4. The molecule has 6 heteroatoms. The van der Waals surface area contributed by atoms with Crippen molar-refractivity contribution < 1.29 is 9.59 Å². The smallest absolute Gasteiger partial charge is 0.252 e. The molecule has 1 saturated heterocycles. The van der Waals surface area contributed by atoms with Crippen LogP contribution in [0.25, 0.3) is 10.9 Å². The number of aryl methyl sites for hydroxylation is 2. The monoisotopic (exact) mass is 430 g/mol. The second-order valence-electron chi connectivity index (χ2n) is 8.70. The van der Waals surface area contributed by atoms with Crippen LogP contribution < -0.4 is 15.5 Å². The van der Waals surface area contributed by atoms with E-state index in [1.54, 1.807) is 6.07 Å². The molecule has 0 saturated carbocycles. The molecule has 1 fully saturated rings. The predicted molar refractivity (Wildman–Crippen MR) is 129 cm³/mol. The lowest BCUT2D eigenvalue weighted by Gasteiger charge is -2.19. The molecule has 1 aliphatic heterocycles. The van der Waals surface area contributed by atoms with Gasteiger partial charge in [-0.1, -0.05) is 17.7 Å². The Bertz CT molecular complexity index is 1150. The molecule has 2 N–H and O–H groups in total. The van der Waals surface area contributed by atoms with E-state index in [-0.39, 0.29) is 24.3 Å². The van der Waals surface area contributed by atoms with Gasteiger partial charge in [0.25, 0.3) is 5.91 Å². The van der Waals surface area contributed by atoms with Crippen molar-refractivity contribution in [1.82, 2.24) is 10.3 Å². The van der Waals surface area contributed by atoms with Crippen LogP contribution in [0.15, 0.2) is 48.5 Å². The van der Waals surface area contributed by atoms with E-state index in [0.29, 0.717) is 5.56 Å². The first-order valence-corrected chi connectivity index (χ1v) is 11.2. The first kappa shape index (κ1) is 21.8. The fourth-order valence-electron chi connectivity index (χ4n) is 4.26. The van der Waals surface area contributed by atoms with Gasteiger partial charge in [0.05, 0.1) is 11.1 Å². The molecule has 1 unspecified atom stereocenters. The average Bonchev–Trinajstić information content (AvgIpc) is 3.28. The van der Waals surface area contributed by atoms with Gasteiger partial charge >= 0.3 is 0 Å². The lowest BCUT2D eigenvalue weighted by molar-refractivity contribution is -0.116. The molecule has 2 aromatic carbocycles. The van der Waals surface area contributed by atoms with Crippen molar-refractivity contribution in [3.8, 4) is 0 Å². The molecule has 4 rings (SSSR count). The Morgan fingerprint density at radius 1 is 1.06 bits per heavy atom. The third-order valence-corrected chi connectivity index (χ3v) is 5.81. The van der Waals surface area contributed by atoms with E-state index in [1.807, 2.05) is 57.2 Å². The summed E-state index contributed by atoms with van der Waals surface area (Å²) in [6.07, 6.45) is 2.61. The zero-order valence-electron chi connectivity index (χ0n) is 18.9. The van der Waals surface area contributed by atoms with Crippen LogP contribution in [-0.2, 0) is 4.79 Å². The number of hydrogen-bond donors (Lipinski definition) is 2. The first-order chi connectivity index (χ1) is 15.4. The van der Waals surface area contributed by atoms with Gasteiger partial charge in [-0.2, -0.15) is 0 Å². The number of carbonyl (C=O) groups excluding carboxylic acids is 2. The van der Waals surface area contributed by atoms with Crippen LogP contribution >= 0.6 is 0 Å². The molecule has 1 aromatic heterocycles. The highest BCUT2D eigenvalue weighted by Gasteiger charge is 2.17. The van der Waals surface area contributed by atoms with Gasteiger partial charge in [0.2, 0.25) is 5.91 Å². The molecule has 166 valence electrons. The zero-order valence-corrected chi connectivity index (χ0v) is 18.9. The fourth-order valence-corrected chi connectivity index (χ4v) is 4.26. The van der Waals surface area contributed by atoms with Crippen molar-refractivity contribution in [2.75, 3.05) is 23.3 Å². The quantitative estimate of drug-likeness (QED) is 0.599. The van der Waals surface area contributed by atoms with Gasteiger partial charge in [-0.05, 0) is 70.0 Å². The molecular weight excluding hydrogens is 400 g/mol. The highest BCUT2D eigenvalue weighted by Crippen LogP contribution is 2.24. The summed E-state index contributed by atoms with van der Waals surface area (Å²) in [5.74, 6) is -0.314. The zero-order chi connectivity index (χ0) is 22.7. The number of amides is 2. The topological polar surface area (TPSA) is 74.3 Å². The minimum Gasteiger partial charge on any atom is -0.371 e. The first-order valence-electron chi connectivity index (χ1n) is 11.2. The Morgan fingerprint density at radius 3 is 2.62 bits per heavy atom. The molecule has 32 heavy (non-hydrogen) atoms. The molecule has 1 aliphatic rings. The third-order valence-electron chi connectivity index (χ3n) is 5.81. The van der Waals surface area contributed by atoms with Gasteiger partial charge in [-0.3, -0.25) is 14.6 Å². The molecule has 0 spiro atoms. The molecule has 0 radical (unpaired) electrons. The number of aromatic nitrogens is 1. The average molecular weight is 431 g/mol. The van der Waals surface area contributed by atoms with Crippen molar-refractivity contribution in [3.63, 3.8) is 0 Å². The second-order valence-corrected chi connectivity index (χ2v) is 8.70. The van der Waals surface area contributed by atoms with Gasteiger partial charge in [0.1, 0.15) is 0 Å². The maximum atomic E-state index is 13.0. The Morgan fingerprint density at radius 2 is 1.84 bits per heavy atom. The van der Waals surface area contributed by atoms with Crippen molar-refractivity contribution >= 4 is 34.1 Å². The lowest BCUT2D eigenvalue weighted by Crippen LogP contribution is -2.35. The highest BCUT2D eigenvalue weighted by atomic mass is 16.2. The Labute approximate surface area is 189 Å². The summed E-state index contributed by atoms with van der Waals surface area (Å²) >= 11 is 0. The van der Waals surface area contributed by atoms with E-state index in [4.69, 9.17) is 0 Å². The van der Waals surface area contributed by atoms with E-state index in [1.165, 1.54) is 12.8 Å². The predicted octanol–water partition coefficient (Wildman–Crippen LogP) is 4.60. The number of nitrogens with zero attached hydrogens (tertiary/aromatic N) is 2. The van der Waals surface area contributed by atoms with E-state index in [2.05, 4.69) is 26.6 Å². The fraction of sp³-hybridized carbons (Fsp3) is 0.346. The summed E-state index contributed by atoms with van der Waals surface area (Å²) < 4.78 is 0. The van der Waals surface area contributed by atoms with Crippen LogP contribution in [0.1, 0.15) is 47.8 Å². The molecule has 1 atom stereocenters. The van der Waals surface area contributed by atoms with Gasteiger partial charge in [0, 0.05) is 48.0 Å². The SMILES string of the molecule is Cc1ccc2nc(C)cc(C(=O)NC(C)CC(=O)Nc3cccc(N4CCCC4)c3)c2c1. The summed E-state index contributed by atoms with van der Waals surface area (Å²) in [5, 5.41) is 6.76. The van der Waals surface area contributed by atoms with Gasteiger partial charge < -0.3 is 15.5 Å². The van der Waals surface area contributed by atoms with Crippen molar-refractivity contribution in [1.29, 1.82) is 0 Å². The summed E-state index contributed by atoms with van der Waals surface area (Å²) in [4.78, 5) is 32.4. The number of carbonyl (C=O) groups is 2. The second kappa shape index (κ2) is 9.39. The maximum Gasteiger partial charge on any atom is 0.252 e. The van der Waals surface area contributed by atoms with Gasteiger partial charge in [0.15, 0.2) is 0 Å². The number of anilines is 2. The summed E-state index contributed by atoms with van der Waals surface area (Å²) in [7, 11) is 0. The highest BCUT2D eigenvalue weighted by molar-refractivity contribution is 6.06. The van der Waals surface area contributed by atoms with E-state index in [9.17, 15) is 9.59 Å². The number of fused-ring (bicyclic) bond motifs is 1. The Kier molecular flexibility index (Phi) is 6.40. The summed E-state index contributed by atoms with van der Waals surface area (Å²) in [5.41, 5.74) is 5.16. The lowest BCUT2D eigenvalue weighted by atomic mass is 10.0. The Balaban J connectivity index is 1.39. The molecule has 0 bridgehead atoms. The van der Waals surface area contributed by atoms with Crippen LogP contribution in [0.2, 0.25) is 0 Å². The largest absolute Gasteiger partial charge is 0.371 e. The molecular formula is C26H30N4O2. The summed E-state index contributed by atoms with van der Waals surface area (Å²) in [6.45, 7) is 7.84. The number of nitrogens with one attached hydrogen (secondary N) is 2. The minimum atomic E-state index is -0.308. The number of rotatable bonds is 6. The number of pyridine rings is 1. The van der Waals surface area contributed by atoms with Crippen molar-refractivity contribution in [2.45, 2.75) is 46.1 Å². The van der Waals surface area contributed by atoms with E-state index < -0.39 is 0 Å². The Hall–Kier alpha value is -3.41. The third kappa shape index (κ3) is 5.07. The maximum absolute atomic E-state index is 13.0. The van der Waals surface area contributed by atoms with E-state index >= 15 is 0 Å². The van der Waals surface area contributed by atoms with E-state index in [0.717, 1.165) is 46.6 Å². The molecule has 6 nitrogen and oxygen atoms in total. The van der Waals surface area contributed by atoms with Crippen LogP contribution in [0.4, 0.5) is 11.4 Å². The van der Waals surface area contributed by atoms with Crippen LogP contribution in [0.3, 0.4) is 0 Å². The molecule has 3 aromatic rings. The summed E-state index contributed by atoms with van der Waals surface area (Å²) in [6, 6.07) is 15.3. The van der Waals surface area contributed by atoms with Crippen LogP contribution in [0, 0.1) is 13.8 Å². The molecule has 0 aliphatic carbocycles. The van der Waals surface area contributed by atoms with Gasteiger partial charge in [-0.15, -0.1) is 0 Å². The van der Waals surface area contributed by atoms with Gasteiger partial charge in [-0.25, -0.2) is 0 Å². The molecule has 2 amide bonds. The van der Waals surface area contributed by atoms with Crippen molar-refractivity contribution in [2.24, 2.45) is 0 Å². The number of benzene rings is 2.